The van der Waals surface area contributed by atoms with Crippen LogP contribution in [0.4, 0.5) is 5.69 Å². The number of aromatic nitrogens is 1. The average Bonchev–Trinajstić information content (AvgIpc) is 2.81. The number of nitrogens with one attached hydrogen (secondary N) is 1. The molecule has 1 atom stereocenters. The Labute approximate surface area is 176 Å². The molecule has 1 aromatic carbocycles. The molecule has 0 bridgehead atoms. The number of allylic oxidation sites excluding steroid dienone is 1. The minimum absolute atomic E-state index is 0.0765. The van der Waals surface area contributed by atoms with Crippen LogP contribution in [0.15, 0.2) is 60.4 Å². The maximum atomic E-state index is 13.0. The molecule has 2 aliphatic rings. The highest BCUT2D eigenvalue weighted by atomic mass is 16.5. The van der Waals surface area contributed by atoms with Gasteiger partial charge in [0.05, 0.1) is 17.8 Å². The Morgan fingerprint density at radius 3 is 2.80 bits per heavy atom. The monoisotopic (exact) mass is 405 g/mol. The largest absolute Gasteiger partial charge is 0.454 e. The van der Waals surface area contributed by atoms with E-state index in [-0.39, 0.29) is 17.7 Å². The standard InChI is InChI=1S/C24H27N3O3/c28-23(19-10-7-15-27(17-19)24(29)18-8-2-1-3-9-18)26-21-12-4-5-13-22(21)30-20-11-6-14-25-16-20/h4-6,8,11-14,16,19H,1-3,7,9-10,15,17H2,(H,26,28)/t19-/m1/s1. The molecule has 1 N–H and O–H groups in total. The molecule has 0 radical (unpaired) electrons. The zero-order chi connectivity index (χ0) is 20.8. The third-order valence-electron chi connectivity index (χ3n) is 5.65. The molecule has 2 aromatic rings. The highest BCUT2D eigenvalue weighted by molar-refractivity contribution is 5.96. The first-order valence-electron chi connectivity index (χ1n) is 10.7. The van der Waals surface area contributed by atoms with Crippen LogP contribution in [0, 0.1) is 5.92 Å². The Hall–Kier alpha value is -3.15. The molecule has 0 saturated carbocycles. The van der Waals surface area contributed by atoms with Crippen molar-refractivity contribution in [2.24, 2.45) is 5.92 Å². The minimum Gasteiger partial charge on any atom is -0.454 e. The van der Waals surface area contributed by atoms with Crippen LogP contribution in [-0.4, -0.2) is 34.8 Å². The number of ether oxygens (including phenoxy) is 1. The lowest BCUT2D eigenvalue weighted by molar-refractivity contribution is -0.131. The Morgan fingerprint density at radius 2 is 2.00 bits per heavy atom. The predicted molar refractivity (Wildman–Crippen MR) is 115 cm³/mol. The van der Waals surface area contributed by atoms with E-state index in [0.29, 0.717) is 23.7 Å². The van der Waals surface area contributed by atoms with Crippen molar-refractivity contribution < 1.29 is 14.3 Å². The number of hydrogen-bond acceptors (Lipinski definition) is 4. The fraction of sp³-hybridized carbons (Fsp3) is 0.375. The van der Waals surface area contributed by atoms with Crippen molar-refractivity contribution in [3.05, 3.63) is 60.4 Å². The van der Waals surface area contributed by atoms with Crippen molar-refractivity contribution in [3.8, 4) is 11.5 Å². The summed E-state index contributed by atoms with van der Waals surface area (Å²) in [6, 6.07) is 11.0. The number of anilines is 1. The van der Waals surface area contributed by atoms with Gasteiger partial charge in [0, 0.05) is 24.9 Å². The summed E-state index contributed by atoms with van der Waals surface area (Å²) in [5.74, 6) is 0.975. The van der Waals surface area contributed by atoms with Crippen LogP contribution in [0.1, 0.15) is 38.5 Å². The number of nitrogens with zero attached hydrogens (tertiary/aromatic N) is 2. The number of pyridine rings is 1. The molecule has 2 amide bonds. The summed E-state index contributed by atoms with van der Waals surface area (Å²) < 4.78 is 5.89. The smallest absolute Gasteiger partial charge is 0.249 e. The summed E-state index contributed by atoms with van der Waals surface area (Å²) in [4.78, 5) is 31.7. The molecular weight excluding hydrogens is 378 g/mol. The third kappa shape index (κ3) is 4.87. The minimum atomic E-state index is -0.224. The van der Waals surface area contributed by atoms with E-state index in [1.54, 1.807) is 18.5 Å². The molecule has 1 saturated heterocycles. The molecule has 30 heavy (non-hydrogen) atoms. The van der Waals surface area contributed by atoms with Gasteiger partial charge in [-0.3, -0.25) is 14.6 Å². The second-order valence-corrected chi connectivity index (χ2v) is 7.84. The number of amides is 2. The van der Waals surface area contributed by atoms with E-state index in [2.05, 4.69) is 16.4 Å². The maximum absolute atomic E-state index is 13.0. The fourth-order valence-electron chi connectivity index (χ4n) is 4.04. The van der Waals surface area contributed by atoms with Crippen molar-refractivity contribution in [2.75, 3.05) is 18.4 Å². The summed E-state index contributed by atoms with van der Waals surface area (Å²) in [6.45, 7) is 1.19. The van der Waals surface area contributed by atoms with Crippen LogP contribution >= 0.6 is 0 Å². The number of para-hydroxylation sites is 2. The highest BCUT2D eigenvalue weighted by Crippen LogP contribution is 2.30. The van der Waals surface area contributed by atoms with E-state index in [0.717, 1.165) is 50.6 Å². The van der Waals surface area contributed by atoms with E-state index < -0.39 is 0 Å². The van der Waals surface area contributed by atoms with Gasteiger partial charge in [0.15, 0.2) is 5.75 Å². The summed E-state index contributed by atoms with van der Waals surface area (Å²) >= 11 is 0. The first kappa shape index (κ1) is 20.1. The van der Waals surface area contributed by atoms with E-state index >= 15 is 0 Å². The fourth-order valence-corrected chi connectivity index (χ4v) is 4.04. The van der Waals surface area contributed by atoms with E-state index in [9.17, 15) is 9.59 Å². The Bertz CT molecular complexity index is 926. The lowest BCUT2D eigenvalue weighted by Gasteiger charge is -2.33. The Morgan fingerprint density at radius 1 is 1.10 bits per heavy atom. The van der Waals surface area contributed by atoms with Crippen LogP contribution in [-0.2, 0) is 9.59 Å². The average molecular weight is 405 g/mol. The quantitative estimate of drug-likeness (QED) is 0.792. The number of piperidine rings is 1. The number of carbonyl (C=O) groups is 2. The molecule has 1 fully saturated rings. The van der Waals surface area contributed by atoms with Gasteiger partial charge in [0.2, 0.25) is 11.8 Å². The van der Waals surface area contributed by atoms with Gasteiger partial charge in [-0.1, -0.05) is 18.2 Å². The van der Waals surface area contributed by atoms with Gasteiger partial charge in [-0.25, -0.2) is 0 Å². The number of hydrogen-bond donors (Lipinski definition) is 1. The van der Waals surface area contributed by atoms with Gasteiger partial charge in [-0.2, -0.15) is 0 Å². The maximum Gasteiger partial charge on any atom is 0.249 e. The lowest BCUT2D eigenvalue weighted by Crippen LogP contribution is -2.44. The second-order valence-electron chi connectivity index (χ2n) is 7.84. The lowest BCUT2D eigenvalue weighted by atomic mass is 9.94. The summed E-state index contributed by atoms with van der Waals surface area (Å²) in [7, 11) is 0. The zero-order valence-corrected chi connectivity index (χ0v) is 17.0. The van der Waals surface area contributed by atoms with Crippen LogP contribution < -0.4 is 10.1 Å². The van der Waals surface area contributed by atoms with Crippen LogP contribution in [0.3, 0.4) is 0 Å². The van der Waals surface area contributed by atoms with Crippen molar-refractivity contribution in [1.29, 1.82) is 0 Å². The zero-order valence-electron chi connectivity index (χ0n) is 17.0. The molecule has 6 nitrogen and oxygen atoms in total. The van der Waals surface area contributed by atoms with Crippen molar-refractivity contribution in [1.82, 2.24) is 9.88 Å². The molecule has 2 heterocycles. The molecule has 156 valence electrons. The van der Waals surface area contributed by atoms with Gasteiger partial charge in [0.1, 0.15) is 5.75 Å². The van der Waals surface area contributed by atoms with Crippen molar-refractivity contribution >= 4 is 17.5 Å². The van der Waals surface area contributed by atoms with Crippen molar-refractivity contribution in [3.63, 3.8) is 0 Å². The molecule has 1 aliphatic heterocycles. The topological polar surface area (TPSA) is 71.5 Å². The van der Waals surface area contributed by atoms with Crippen LogP contribution in [0.2, 0.25) is 0 Å². The molecule has 1 aromatic heterocycles. The van der Waals surface area contributed by atoms with E-state index in [1.807, 2.05) is 35.2 Å². The predicted octanol–water partition coefficient (Wildman–Crippen LogP) is 4.55. The number of benzene rings is 1. The number of carbonyl (C=O) groups excluding carboxylic acids is 2. The first-order valence-corrected chi connectivity index (χ1v) is 10.7. The van der Waals surface area contributed by atoms with Gasteiger partial charge in [-0.15, -0.1) is 0 Å². The summed E-state index contributed by atoms with van der Waals surface area (Å²) in [5, 5.41) is 3.00. The number of rotatable bonds is 5. The number of likely N-dealkylation sites (tertiary alicyclic amines) is 1. The van der Waals surface area contributed by atoms with Crippen LogP contribution in [0.25, 0.3) is 0 Å². The molecule has 0 unspecified atom stereocenters. The molecule has 4 rings (SSSR count). The molecular formula is C24H27N3O3. The van der Waals surface area contributed by atoms with Crippen molar-refractivity contribution in [2.45, 2.75) is 38.5 Å². The van der Waals surface area contributed by atoms with Gasteiger partial charge in [0.25, 0.3) is 0 Å². The van der Waals surface area contributed by atoms with E-state index in [1.165, 1.54) is 0 Å². The van der Waals surface area contributed by atoms with Gasteiger partial charge < -0.3 is 15.0 Å². The normalized spacial score (nSPS) is 19.0. The Balaban J connectivity index is 1.41. The third-order valence-corrected chi connectivity index (χ3v) is 5.65. The van der Waals surface area contributed by atoms with Crippen LogP contribution in [0.5, 0.6) is 11.5 Å². The summed E-state index contributed by atoms with van der Waals surface area (Å²) in [6.07, 6.45) is 11.1. The Kier molecular flexibility index (Phi) is 6.42. The molecule has 0 spiro atoms. The first-order chi connectivity index (χ1) is 14.7. The molecule has 6 heteroatoms. The van der Waals surface area contributed by atoms with Gasteiger partial charge in [-0.05, 0) is 62.8 Å². The highest BCUT2D eigenvalue weighted by Gasteiger charge is 2.30. The summed E-state index contributed by atoms with van der Waals surface area (Å²) in [5.41, 5.74) is 1.53. The second kappa shape index (κ2) is 9.57. The molecule has 1 aliphatic carbocycles. The van der Waals surface area contributed by atoms with E-state index in [4.69, 9.17) is 4.74 Å². The SMILES string of the molecule is O=C(Nc1ccccc1Oc1cccnc1)[C@@H]1CCCN(C(=O)C2=CCCCC2)C1. The van der Waals surface area contributed by atoms with Gasteiger partial charge >= 0.3 is 0 Å².